The lowest BCUT2D eigenvalue weighted by molar-refractivity contribution is 0.0947. The molecule has 3 aromatic rings. The normalized spacial score (nSPS) is 14.1. The first-order valence-corrected chi connectivity index (χ1v) is 13.7. The Morgan fingerprint density at radius 3 is 2.26 bits per heavy atom. The summed E-state index contributed by atoms with van der Waals surface area (Å²) in [6.07, 6.45) is 1.81. The number of carbonyl (C=O) groups excluding carboxylic acids is 1. The van der Waals surface area contributed by atoms with Gasteiger partial charge < -0.3 is 10.1 Å². The van der Waals surface area contributed by atoms with Crippen molar-refractivity contribution in [1.82, 2.24) is 9.62 Å². The monoisotopic (exact) mass is 496 g/mol. The maximum atomic E-state index is 12.6. The summed E-state index contributed by atoms with van der Waals surface area (Å²) >= 11 is 1.76. The van der Waals surface area contributed by atoms with E-state index < -0.39 is 10.0 Å². The molecule has 0 saturated carbocycles. The number of nitrogens with one attached hydrogen (secondary N) is 1. The van der Waals surface area contributed by atoms with Gasteiger partial charge in [-0.15, -0.1) is 11.8 Å². The molecule has 0 spiro atoms. The Bertz CT molecular complexity index is 1180. The summed E-state index contributed by atoms with van der Waals surface area (Å²) < 4.78 is 32.3. The predicted octanol–water partition coefficient (Wildman–Crippen LogP) is 4.57. The molecular formula is C26H28N2O4S2. The van der Waals surface area contributed by atoms with Gasteiger partial charge in [0.1, 0.15) is 12.4 Å². The van der Waals surface area contributed by atoms with Gasteiger partial charge in [-0.3, -0.25) is 4.79 Å². The van der Waals surface area contributed by atoms with Gasteiger partial charge in [0.05, 0.1) is 11.4 Å². The molecular weight excluding hydrogens is 468 g/mol. The zero-order chi connectivity index (χ0) is 23.8. The Hall–Kier alpha value is -2.81. The number of hydrogen-bond acceptors (Lipinski definition) is 5. The van der Waals surface area contributed by atoms with Crippen molar-refractivity contribution < 1.29 is 17.9 Å². The van der Waals surface area contributed by atoms with E-state index in [1.165, 1.54) is 9.20 Å². The fourth-order valence-corrected chi connectivity index (χ4v) is 6.05. The van der Waals surface area contributed by atoms with Crippen LogP contribution in [0.25, 0.3) is 0 Å². The van der Waals surface area contributed by atoms with Crippen molar-refractivity contribution in [3.8, 4) is 5.75 Å². The largest absolute Gasteiger partial charge is 0.492 e. The molecule has 1 amide bonds. The number of amides is 1. The van der Waals surface area contributed by atoms with E-state index in [-0.39, 0.29) is 17.4 Å². The van der Waals surface area contributed by atoms with Crippen molar-refractivity contribution >= 4 is 27.7 Å². The third-order valence-corrected chi connectivity index (χ3v) is 8.54. The molecule has 1 fully saturated rings. The van der Waals surface area contributed by atoms with Crippen LogP contribution in [0.3, 0.4) is 0 Å². The van der Waals surface area contributed by atoms with Crippen molar-refractivity contribution in [2.75, 3.05) is 26.2 Å². The van der Waals surface area contributed by atoms with Crippen LogP contribution >= 0.6 is 11.8 Å². The predicted molar refractivity (Wildman–Crippen MR) is 135 cm³/mol. The van der Waals surface area contributed by atoms with E-state index in [2.05, 4.69) is 17.4 Å². The van der Waals surface area contributed by atoms with Gasteiger partial charge >= 0.3 is 0 Å². The van der Waals surface area contributed by atoms with Gasteiger partial charge in [0.25, 0.3) is 5.91 Å². The summed E-state index contributed by atoms with van der Waals surface area (Å²) in [6.45, 7) is 1.79. The van der Waals surface area contributed by atoms with Crippen molar-refractivity contribution in [2.45, 2.75) is 28.4 Å². The molecule has 8 heteroatoms. The molecule has 3 aromatic carbocycles. The Morgan fingerprint density at radius 1 is 0.912 bits per heavy atom. The molecule has 1 aliphatic rings. The van der Waals surface area contributed by atoms with Crippen LogP contribution < -0.4 is 10.1 Å². The molecule has 1 N–H and O–H groups in total. The highest BCUT2D eigenvalue weighted by molar-refractivity contribution is 7.98. The standard InChI is InChI=1S/C26H28N2O4S2/c29-26(22-10-8-21(9-11-22)20-33-24-6-2-1-3-7-24)27-16-19-32-23-12-14-25(15-13-23)34(30,31)28-17-4-5-18-28/h1-3,6-15H,4-5,16-20H2,(H,27,29). The minimum absolute atomic E-state index is 0.155. The number of sulfonamides is 1. The topological polar surface area (TPSA) is 75.7 Å². The lowest BCUT2D eigenvalue weighted by atomic mass is 10.1. The van der Waals surface area contributed by atoms with Gasteiger partial charge in [-0.2, -0.15) is 4.31 Å². The maximum Gasteiger partial charge on any atom is 0.251 e. The highest BCUT2D eigenvalue weighted by atomic mass is 32.2. The summed E-state index contributed by atoms with van der Waals surface area (Å²) in [5.41, 5.74) is 1.76. The van der Waals surface area contributed by atoms with Crippen molar-refractivity contribution in [2.24, 2.45) is 0 Å². The zero-order valence-corrected chi connectivity index (χ0v) is 20.5. The number of benzene rings is 3. The number of nitrogens with zero attached hydrogens (tertiary/aromatic N) is 1. The molecule has 0 unspecified atom stereocenters. The van der Waals surface area contributed by atoms with Crippen molar-refractivity contribution in [3.63, 3.8) is 0 Å². The lowest BCUT2D eigenvalue weighted by Gasteiger charge is -2.15. The van der Waals surface area contributed by atoms with E-state index in [9.17, 15) is 13.2 Å². The van der Waals surface area contributed by atoms with Crippen LogP contribution in [-0.4, -0.2) is 44.9 Å². The molecule has 0 atom stereocenters. The highest BCUT2D eigenvalue weighted by Gasteiger charge is 2.26. The SMILES string of the molecule is O=C(NCCOc1ccc(S(=O)(=O)N2CCCC2)cc1)c1ccc(CSc2ccccc2)cc1. The second kappa shape index (κ2) is 11.6. The average Bonchev–Trinajstić information content (AvgIpc) is 3.43. The van der Waals surface area contributed by atoms with Crippen molar-refractivity contribution in [1.29, 1.82) is 0 Å². The molecule has 0 bridgehead atoms. The molecule has 34 heavy (non-hydrogen) atoms. The fourth-order valence-electron chi connectivity index (χ4n) is 3.66. The highest BCUT2D eigenvalue weighted by Crippen LogP contribution is 2.23. The van der Waals surface area contributed by atoms with E-state index in [1.54, 1.807) is 36.0 Å². The number of rotatable bonds is 10. The Balaban J connectivity index is 1.19. The second-order valence-corrected chi connectivity index (χ2v) is 11.0. The zero-order valence-electron chi connectivity index (χ0n) is 18.9. The van der Waals surface area contributed by atoms with Crippen molar-refractivity contribution in [3.05, 3.63) is 90.0 Å². The van der Waals surface area contributed by atoms with Crippen LogP contribution in [0.4, 0.5) is 0 Å². The fraction of sp³-hybridized carbons (Fsp3) is 0.269. The third kappa shape index (κ3) is 6.40. The van der Waals surface area contributed by atoms with E-state index in [0.29, 0.717) is 30.9 Å². The van der Waals surface area contributed by atoms with Crippen LogP contribution in [0.2, 0.25) is 0 Å². The molecule has 0 aliphatic carbocycles. The van der Waals surface area contributed by atoms with E-state index in [0.717, 1.165) is 24.2 Å². The van der Waals surface area contributed by atoms with Gasteiger partial charge in [-0.1, -0.05) is 30.3 Å². The smallest absolute Gasteiger partial charge is 0.251 e. The summed E-state index contributed by atoms with van der Waals surface area (Å²) in [5, 5.41) is 2.85. The molecule has 0 radical (unpaired) electrons. The molecule has 1 saturated heterocycles. The molecule has 0 aromatic heterocycles. The number of thioether (sulfide) groups is 1. The summed E-state index contributed by atoms with van der Waals surface area (Å²) in [5.74, 6) is 1.26. The minimum Gasteiger partial charge on any atom is -0.492 e. The first kappa shape index (κ1) is 24.3. The van der Waals surface area contributed by atoms with Crippen LogP contribution in [0.5, 0.6) is 5.75 Å². The Morgan fingerprint density at radius 2 is 1.59 bits per heavy atom. The Labute approximate surface area is 205 Å². The summed E-state index contributed by atoms with van der Waals surface area (Å²) in [4.78, 5) is 13.9. The van der Waals surface area contributed by atoms with Gasteiger partial charge in [-0.25, -0.2) is 8.42 Å². The average molecular weight is 497 g/mol. The molecule has 1 heterocycles. The van der Waals surface area contributed by atoms with Gasteiger partial charge in [0, 0.05) is 29.3 Å². The minimum atomic E-state index is -3.42. The van der Waals surface area contributed by atoms with Crippen LogP contribution in [0, 0.1) is 0 Å². The van der Waals surface area contributed by atoms with Gasteiger partial charge in [0.15, 0.2) is 0 Å². The second-order valence-electron chi connectivity index (χ2n) is 7.99. The van der Waals surface area contributed by atoms with E-state index in [1.807, 2.05) is 42.5 Å². The molecule has 178 valence electrons. The molecule has 6 nitrogen and oxygen atoms in total. The number of ether oxygens (including phenoxy) is 1. The third-order valence-electron chi connectivity index (χ3n) is 5.55. The first-order chi connectivity index (χ1) is 16.5. The maximum absolute atomic E-state index is 12.6. The van der Waals surface area contributed by atoms with Gasteiger partial charge in [0.2, 0.25) is 10.0 Å². The van der Waals surface area contributed by atoms with E-state index in [4.69, 9.17) is 4.74 Å². The number of hydrogen-bond donors (Lipinski definition) is 1. The number of carbonyl (C=O) groups is 1. The van der Waals surface area contributed by atoms with Crippen LogP contribution in [0.1, 0.15) is 28.8 Å². The lowest BCUT2D eigenvalue weighted by Crippen LogP contribution is -2.28. The Kier molecular flexibility index (Phi) is 8.26. The summed E-state index contributed by atoms with van der Waals surface area (Å²) in [7, 11) is -3.42. The molecule has 4 rings (SSSR count). The van der Waals surface area contributed by atoms with Crippen LogP contribution in [0.15, 0.2) is 88.7 Å². The molecule has 1 aliphatic heterocycles. The summed E-state index contributed by atoms with van der Waals surface area (Å²) in [6, 6.07) is 24.3. The first-order valence-electron chi connectivity index (χ1n) is 11.3. The van der Waals surface area contributed by atoms with Crippen LogP contribution in [-0.2, 0) is 15.8 Å². The van der Waals surface area contributed by atoms with E-state index >= 15 is 0 Å². The van der Waals surface area contributed by atoms with Gasteiger partial charge in [-0.05, 0) is 66.9 Å². The quantitative estimate of drug-likeness (QED) is 0.329.